The van der Waals surface area contributed by atoms with E-state index in [1.807, 2.05) is 7.05 Å². The Morgan fingerprint density at radius 3 is 1.75 bits per heavy atom. The van der Waals surface area contributed by atoms with Crippen LogP contribution in [0, 0.1) is 0 Å². The first-order chi connectivity index (χ1) is 9.86. The molecule has 0 saturated carbocycles. The fraction of sp³-hybridized carbons (Fsp3) is 0.263. The van der Waals surface area contributed by atoms with Crippen molar-refractivity contribution in [3.05, 3.63) is 77.4 Å². The van der Waals surface area contributed by atoms with Crippen molar-refractivity contribution in [2.24, 2.45) is 0 Å². The van der Waals surface area contributed by atoms with Gasteiger partial charge in [0.1, 0.15) is 0 Å². The van der Waals surface area contributed by atoms with Gasteiger partial charge in [-0.25, -0.2) is 0 Å². The number of nitrogens with one attached hydrogen (secondary N) is 1. The van der Waals surface area contributed by atoms with E-state index in [0.29, 0.717) is 0 Å². The Labute approximate surface area is 122 Å². The van der Waals surface area contributed by atoms with Crippen molar-refractivity contribution in [3.63, 3.8) is 0 Å². The molecule has 0 bridgehead atoms. The van der Waals surface area contributed by atoms with E-state index in [2.05, 4.69) is 72.9 Å². The minimum atomic E-state index is 1.02. The highest BCUT2D eigenvalue weighted by Gasteiger charge is 2.10. The smallest absolute Gasteiger partial charge is 0.00143 e. The first-order valence-corrected chi connectivity index (χ1v) is 7.34. The van der Waals surface area contributed by atoms with Crippen LogP contribution < -0.4 is 5.32 Å². The molecule has 0 unspecified atom stereocenters. The Morgan fingerprint density at radius 1 is 0.850 bits per heavy atom. The third-order valence-electron chi connectivity index (χ3n) is 3.58. The first-order valence-electron chi connectivity index (χ1n) is 7.34. The van der Waals surface area contributed by atoms with E-state index >= 15 is 0 Å². The van der Waals surface area contributed by atoms with Crippen LogP contribution in [0.25, 0.3) is 5.57 Å². The first kappa shape index (κ1) is 14.5. The van der Waals surface area contributed by atoms with Gasteiger partial charge in [0.15, 0.2) is 0 Å². The van der Waals surface area contributed by atoms with E-state index in [4.69, 9.17) is 0 Å². The van der Waals surface area contributed by atoms with E-state index in [9.17, 15) is 0 Å². The Bertz CT molecular complexity index is 499. The maximum absolute atomic E-state index is 3.26. The average molecular weight is 265 g/mol. The van der Waals surface area contributed by atoms with Crippen LogP contribution in [0.15, 0.2) is 66.2 Å². The molecule has 0 atom stereocenters. The summed E-state index contributed by atoms with van der Waals surface area (Å²) in [4.78, 5) is 0. The molecule has 1 nitrogen and oxygen atoms in total. The lowest BCUT2D eigenvalue weighted by Crippen LogP contribution is -2.09. The molecule has 0 saturated heterocycles. The largest absolute Gasteiger partial charge is 0.319 e. The van der Waals surface area contributed by atoms with E-state index in [1.54, 1.807) is 0 Å². The molecular formula is C19H23N. The highest BCUT2D eigenvalue weighted by Crippen LogP contribution is 2.29. The number of hydrogen-bond acceptors (Lipinski definition) is 1. The zero-order chi connectivity index (χ0) is 14.2. The van der Waals surface area contributed by atoms with Crippen LogP contribution in [0.2, 0.25) is 0 Å². The van der Waals surface area contributed by atoms with Gasteiger partial charge in [-0.2, -0.15) is 0 Å². The van der Waals surface area contributed by atoms with Crippen LogP contribution in [0.5, 0.6) is 0 Å². The van der Waals surface area contributed by atoms with E-state index in [1.165, 1.54) is 22.3 Å². The van der Waals surface area contributed by atoms with Gasteiger partial charge in [0.05, 0.1) is 0 Å². The molecule has 2 rings (SSSR count). The molecule has 0 fully saturated rings. The second-order valence-electron chi connectivity index (χ2n) is 4.92. The molecule has 0 amide bonds. The van der Waals surface area contributed by atoms with Crippen LogP contribution in [-0.2, 0) is 0 Å². The summed E-state index contributed by atoms with van der Waals surface area (Å²) in [5.41, 5.74) is 5.53. The average Bonchev–Trinajstić information content (AvgIpc) is 2.53. The van der Waals surface area contributed by atoms with Crippen LogP contribution in [0.4, 0.5) is 0 Å². The maximum atomic E-state index is 3.26. The molecule has 0 spiro atoms. The van der Waals surface area contributed by atoms with Crippen molar-refractivity contribution in [2.45, 2.75) is 19.8 Å². The molecule has 0 aliphatic carbocycles. The maximum Gasteiger partial charge on any atom is -0.00143 e. The number of hydrogen-bond donors (Lipinski definition) is 1. The van der Waals surface area contributed by atoms with Crippen molar-refractivity contribution in [1.29, 1.82) is 0 Å². The molecular weight excluding hydrogens is 242 g/mol. The lowest BCUT2D eigenvalue weighted by atomic mass is 9.90. The van der Waals surface area contributed by atoms with Gasteiger partial charge in [0, 0.05) is 0 Å². The van der Waals surface area contributed by atoms with Crippen molar-refractivity contribution >= 4 is 5.57 Å². The van der Waals surface area contributed by atoms with Crippen molar-refractivity contribution in [1.82, 2.24) is 5.32 Å². The van der Waals surface area contributed by atoms with Gasteiger partial charge in [-0.1, -0.05) is 73.2 Å². The SMILES string of the molecule is CCC(CCNC)=C(c1ccccc1)c1ccccc1. The molecule has 2 aromatic rings. The van der Waals surface area contributed by atoms with Crippen LogP contribution in [0.3, 0.4) is 0 Å². The van der Waals surface area contributed by atoms with Gasteiger partial charge in [-0.15, -0.1) is 0 Å². The molecule has 104 valence electrons. The molecule has 0 radical (unpaired) electrons. The molecule has 0 aliphatic heterocycles. The molecule has 2 aromatic carbocycles. The normalized spacial score (nSPS) is 10.3. The number of benzene rings is 2. The van der Waals surface area contributed by atoms with Crippen LogP contribution >= 0.6 is 0 Å². The Balaban J connectivity index is 2.51. The monoisotopic (exact) mass is 265 g/mol. The Hall–Kier alpha value is -1.86. The fourth-order valence-corrected chi connectivity index (χ4v) is 2.54. The summed E-state index contributed by atoms with van der Waals surface area (Å²) >= 11 is 0. The zero-order valence-corrected chi connectivity index (χ0v) is 12.4. The van der Waals surface area contributed by atoms with Gasteiger partial charge < -0.3 is 5.32 Å². The highest BCUT2D eigenvalue weighted by molar-refractivity contribution is 5.82. The predicted molar refractivity (Wildman–Crippen MR) is 87.7 cm³/mol. The van der Waals surface area contributed by atoms with E-state index in [-0.39, 0.29) is 0 Å². The third kappa shape index (κ3) is 3.58. The molecule has 1 N–H and O–H groups in total. The van der Waals surface area contributed by atoms with Crippen molar-refractivity contribution in [2.75, 3.05) is 13.6 Å². The molecule has 0 heterocycles. The van der Waals surface area contributed by atoms with Crippen molar-refractivity contribution < 1.29 is 0 Å². The van der Waals surface area contributed by atoms with Crippen LogP contribution in [-0.4, -0.2) is 13.6 Å². The summed E-state index contributed by atoms with van der Waals surface area (Å²) in [6.45, 7) is 3.27. The summed E-state index contributed by atoms with van der Waals surface area (Å²) in [5, 5.41) is 3.26. The zero-order valence-electron chi connectivity index (χ0n) is 12.4. The minimum Gasteiger partial charge on any atom is -0.319 e. The fourth-order valence-electron chi connectivity index (χ4n) is 2.54. The van der Waals surface area contributed by atoms with Gasteiger partial charge >= 0.3 is 0 Å². The quantitative estimate of drug-likeness (QED) is 0.810. The lowest BCUT2D eigenvalue weighted by molar-refractivity contribution is 0.769. The van der Waals surface area contributed by atoms with E-state index < -0.39 is 0 Å². The molecule has 20 heavy (non-hydrogen) atoms. The molecule has 0 aliphatic rings. The Morgan fingerprint density at radius 2 is 1.35 bits per heavy atom. The van der Waals surface area contributed by atoms with Gasteiger partial charge in [-0.05, 0) is 43.1 Å². The topological polar surface area (TPSA) is 12.0 Å². The summed E-state index contributed by atoms with van der Waals surface area (Å²) in [5.74, 6) is 0. The highest BCUT2D eigenvalue weighted by atomic mass is 14.8. The van der Waals surface area contributed by atoms with Gasteiger partial charge in [0.2, 0.25) is 0 Å². The molecule has 1 heteroatoms. The second-order valence-corrected chi connectivity index (χ2v) is 4.92. The van der Waals surface area contributed by atoms with Crippen molar-refractivity contribution in [3.8, 4) is 0 Å². The van der Waals surface area contributed by atoms with Gasteiger partial charge in [-0.3, -0.25) is 0 Å². The van der Waals surface area contributed by atoms with Crippen LogP contribution in [0.1, 0.15) is 30.9 Å². The standard InChI is InChI=1S/C19H23N/c1-3-16(14-15-20-2)19(17-10-6-4-7-11-17)18-12-8-5-9-13-18/h4-13,20H,3,14-15H2,1-2H3. The predicted octanol–water partition coefficient (Wildman–Crippen LogP) is 4.51. The summed E-state index contributed by atoms with van der Waals surface area (Å²) in [6.07, 6.45) is 2.17. The summed E-state index contributed by atoms with van der Waals surface area (Å²) in [7, 11) is 2.01. The molecule has 0 aromatic heterocycles. The third-order valence-corrected chi connectivity index (χ3v) is 3.58. The van der Waals surface area contributed by atoms with E-state index in [0.717, 1.165) is 19.4 Å². The summed E-state index contributed by atoms with van der Waals surface area (Å²) in [6, 6.07) is 21.4. The lowest BCUT2D eigenvalue weighted by Gasteiger charge is -2.15. The Kier molecular flexibility index (Phi) is 5.57. The van der Waals surface area contributed by atoms with Gasteiger partial charge in [0.25, 0.3) is 0 Å². The second kappa shape index (κ2) is 7.66. The number of rotatable bonds is 6. The minimum absolute atomic E-state index is 1.02. The summed E-state index contributed by atoms with van der Waals surface area (Å²) < 4.78 is 0.